The largest absolute Gasteiger partial charge is 0.377 e. The number of rotatable bonds is 5. The lowest BCUT2D eigenvalue weighted by Gasteiger charge is -2.17. The van der Waals surface area contributed by atoms with Crippen LogP contribution in [0, 0.1) is 0 Å². The number of ether oxygens (including phenoxy) is 1. The van der Waals surface area contributed by atoms with Crippen molar-refractivity contribution in [3.8, 4) is 0 Å². The summed E-state index contributed by atoms with van der Waals surface area (Å²) in [7, 11) is 3.48. The highest BCUT2D eigenvalue weighted by Crippen LogP contribution is 2.22. The summed E-state index contributed by atoms with van der Waals surface area (Å²) in [5.74, 6) is 1.17. The van der Waals surface area contributed by atoms with E-state index in [1.807, 2.05) is 11.9 Å². The number of hydrogen-bond donors (Lipinski definition) is 1. The second-order valence-corrected chi connectivity index (χ2v) is 6.39. The fourth-order valence-corrected chi connectivity index (χ4v) is 2.88. The summed E-state index contributed by atoms with van der Waals surface area (Å²) in [5.41, 5.74) is 1.00. The van der Waals surface area contributed by atoms with Crippen LogP contribution in [0.1, 0.15) is 11.4 Å². The van der Waals surface area contributed by atoms with Gasteiger partial charge in [-0.25, -0.2) is 4.98 Å². The molecule has 0 saturated heterocycles. The van der Waals surface area contributed by atoms with E-state index >= 15 is 0 Å². The Morgan fingerprint density at radius 2 is 2.32 bits per heavy atom. The van der Waals surface area contributed by atoms with Gasteiger partial charge in [0.15, 0.2) is 0 Å². The summed E-state index contributed by atoms with van der Waals surface area (Å²) >= 11 is 5.07. The number of methoxy groups -OCH3 is 1. The number of aromatic amines is 1. The molecule has 2 aromatic rings. The van der Waals surface area contributed by atoms with Gasteiger partial charge in [-0.3, -0.25) is 4.79 Å². The van der Waals surface area contributed by atoms with Gasteiger partial charge in [0.05, 0.1) is 3.79 Å². The molecule has 0 atom stereocenters. The molecule has 5 nitrogen and oxygen atoms in total. The molecule has 0 radical (unpaired) electrons. The summed E-state index contributed by atoms with van der Waals surface area (Å²) in [6, 6.07) is 3.55. The Kier molecular flexibility index (Phi) is 4.73. The molecule has 2 aromatic heterocycles. The van der Waals surface area contributed by atoms with Crippen molar-refractivity contribution in [3.05, 3.63) is 43.0 Å². The number of halogens is 1. The summed E-state index contributed by atoms with van der Waals surface area (Å²) in [6.07, 6.45) is 0. The monoisotopic (exact) mass is 343 g/mol. The molecule has 0 bridgehead atoms. The first-order valence-electron chi connectivity index (χ1n) is 5.61. The molecule has 0 aromatic carbocycles. The molecule has 0 spiro atoms. The van der Waals surface area contributed by atoms with Gasteiger partial charge in [0.1, 0.15) is 18.2 Å². The first-order valence-corrected chi connectivity index (χ1v) is 7.29. The zero-order chi connectivity index (χ0) is 13.8. The van der Waals surface area contributed by atoms with Crippen LogP contribution in [-0.2, 0) is 17.9 Å². The van der Waals surface area contributed by atoms with Crippen LogP contribution < -0.4 is 10.5 Å². The minimum absolute atomic E-state index is 0.171. The maximum atomic E-state index is 11.6. The van der Waals surface area contributed by atoms with E-state index in [1.54, 1.807) is 18.4 Å². The highest BCUT2D eigenvalue weighted by Gasteiger charge is 2.08. The van der Waals surface area contributed by atoms with Crippen LogP contribution in [0.4, 0.5) is 5.82 Å². The number of nitrogens with zero attached hydrogens (tertiary/aromatic N) is 2. The molecule has 0 aliphatic heterocycles. The van der Waals surface area contributed by atoms with Crippen molar-refractivity contribution in [2.45, 2.75) is 13.2 Å². The summed E-state index contributed by atoms with van der Waals surface area (Å²) in [6.45, 7) is 0.992. The molecule has 2 heterocycles. The average Bonchev–Trinajstić information content (AvgIpc) is 2.74. The van der Waals surface area contributed by atoms with E-state index in [9.17, 15) is 4.79 Å². The lowest BCUT2D eigenvalue weighted by atomic mass is 10.3. The minimum atomic E-state index is -0.171. The average molecular weight is 344 g/mol. The number of H-pyrrole nitrogens is 1. The predicted molar refractivity (Wildman–Crippen MR) is 79.7 cm³/mol. The van der Waals surface area contributed by atoms with E-state index in [0.29, 0.717) is 24.8 Å². The van der Waals surface area contributed by atoms with E-state index in [4.69, 9.17) is 4.74 Å². The van der Waals surface area contributed by atoms with Crippen molar-refractivity contribution < 1.29 is 4.74 Å². The van der Waals surface area contributed by atoms with E-state index in [-0.39, 0.29) is 5.56 Å². The van der Waals surface area contributed by atoms with Gasteiger partial charge in [-0.2, -0.15) is 0 Å². The van der Waals surface area contributed by atoms with E-state index in [0.717, 1.165) is 3.79 Å². The minimum Gasteiger partial charge on any atom is -0.377 e. The van der Waals surface area contributed by atoms with Crippen LogP contribution in [0.2, 0.25) is 0 Å². The van der Waals surface area contributed by atoms with Gasteiger partial charge >= 0.3 is 0 Å². The van der Waals surface area contributed by atoms with Crippen LogP contribution in [0.3, 0.4) is 0 Å². The number of aromatic nitrogens is 2. The zero-order valence-electron chi connectivity index (χ0n) is 10.6. The molecule has 102 valence electrons. The van der Waals surface area contributed by atoms with Crippen molar-refractivity contribution in [2.24, 2.45) is 0 Å². The number of nitrogens with one attached hydrogen (secondary N) is 1. The quantitative estimate of drug-likeness (QED) is 0.905. The van der Waals surface area contributed by atoms with E-state index < -0.39 is 0 Å². The van der Waals surface area contributed by atoms with Crippen LogP contribution in [0.15, 0.2) is 26.1 Å². The van der Waals surface area contributed by atoms with Crippen LogP contribution in [0.5, 0.6) is 0 Å². The molecule has 0 amide bonds. The zero-order valence-corrected chi connectivity index (χ0v) is 13.0. The molecular weight excluding hydrogens is 330 g/mol. The maximum Gasteiger partial charge on any atom is 0.253 e. The second-order valence-electron chi connectivity index (χ2n) is 4.10. The Bertz CT molecular complexity index is 611. The molecule has 7 heteroatoms. The summed E-state index contributed by atoms with van der Waals surface area (Å²) in [5, 5.41) is 2.07. The lowest BCUT2D eigenvalue weighted by molar-refractivity contribution is 0.177. The predicted octanol–water partition coefficient (Wildman–Crippen LogP) is 2.38. The molecule has 0 aliphatic rings. The van der Waals surface area contributed by atoms with Crippen molar-refractivity contribution in [1.82, 2.24) is 9.97 Å². The molecule has 0 saturated carbocycles. The maximum absolute atomic E-state index is 11.6. The Morgan fingerprint density at radius 1 is 1.53 bits per heavy atom. The Labute approximate surface area is 123 Å². The van der Waals surface area contributed by atoms with Crippen LogP contribution in [0.25, 0.3) is 0 Å². The number of anilines is 1. The van der Waals surface area contributed by atoms with Gasteiger partial charge in [0, 0.05) is 26.8 Å². The van der Waals surface area contributed by atoms with Crippen molar-refractivity contribution in [3.63, 3.8) is 0 Å². The molecule has 19 heavy (non-hydrogen) atoms. The van der Waals surface area contributed by atoms with Gasteiger partial charge < -0.3 is 14.6 Å². The van der Waals surface area contributed by atoms with E-state index in [2.05, 4.69) is 37.3 Å². The van der Waals surface area contributed by atoms with Crippen molar-refractivity contribution >= 4 is 33.1 Å². The molecule has 0 fully saturated rings. The van der Waals surface area contributed by atoms with Gasteiger partial charge in [-0.1, -0.05) is 0 Å². The molecule has 2 rings (SSSR count). The standard InChI is InChI=1S/C12H14BrN3O2S/c1-16(5-8-3-9(13)19-7-8)11-4-12(17)15-10(14-11)6-18-2/h3-4,7H,5-6H2,1-2H3,(H,14,15,17). The summed E-state index contributed by atoms with van der Waals surface area (Å²) < 4.78 is 6.08. The second kappa shape index (κ2) is 6.31. The van der Waals surface area contributed by atoms with Crippen molar-refractivity contribution in [2.75, 3.05) is 19.1 Å². The molecule has 1 N–H and O–H groups in total. The SMILES string of the molecule is COCc1nc(N(C)Cc2csc(Br)c2)cc(=O)[nH]1. The fourth-order valence-electron chi connectivity index (χ4n) is 1.68. The first-order chi connectivity index (χ1) is 9.08. The third-order valence-corrected chi connectivity index (χ3v) is 4.04. The number of thiophene rings is 1. The van der Waals surface area contributed by atoms with Gasteiger partial charge in [-0.05, 0) is 32.9 Å². The third-order valence-electron chi connectivity index (χ3n) is 2.49. The fraction of sp³-hybridized carbons (Fsp3) is 0.333. The highest BCUT2D eigenvalue weighted by molar-refractivity contribution is 9.11. The first kappa shape index (κ1) is 14.2. The van der Waals surface area contributed by atoms with E-state index in [1.165, 1.54) is 11.6 Å². The lowest BCUT2D eigenvalue weighted by Crippen LogP contribution is -2.22. The van der Waals surface area contributed by atoms with Gasteiger partial charge in [0.2, 0.25) is 0 Å². The van der Waals surface area contributed by atoms with Crippen LogP contribution in [-0.4, -0.2) is 24.1 Å². The normalized spacial score (nSPS) is 10.7. The Balaban J connectivity index is 2.18. The number of hydrogen-bond acceptors (Lipinski definition) is 5. The highest BCUT2D eigenvalue weighted by atomic mass is 79.9. The Morgan fingerprint density at radius 3 is 2.95 bits per heavy atom. The van der Waals surface area contributed by atoms with Crippen LogP contribution >= 0.6 is 27.3 Å². The summed E-state index contributed by atoms with van der Waals surface area (Å²) in [4.78, 5) is 20.5. The smallest absolute Gasteiger partial charge is 0.253 e. The third kappa shape index (κ3) is 3.89. The Hall–Kier alpha value is -1.18. The molecule has 0 aliphatic carbocycles. The van der Waals surface area contributed by atoms with Gasteiger partial charge in [-0.15, -0.1) is 11.3 Å². The van der Waals surface area contributed by atoms with Crippen molar-refractivity contribution in [1.29, 1.82) is 0 Å². The topological polar surface area (TPSA) is 58.2 Å². The molecular formula is C12H14BrN3O2S. The van der Waals surface area contributed by atoms with Gasteiger partial charge in [0.25, 0.3) is 5.56 Å². The molecule has 0 unspecified atom stereocenters.